The number of esters is 1. The van der Waals surface area contributed by atoms with E-state index in [1.165, 1.54) is 25.3 Å². The molecule has 6 rings (SSSR count). The molecule has 5 aliphatic carbocycles. The summed E-state index contributed by atoms with van der Waals surface area (Å²) in [5.74, 6) is 1.09. The third kappa shape index (κ3) is 4.09. The third-order valence-corrected chi connectivity index (χ3v) is 15.0. The quantitative estimate of drug-likeness (QED) is 0.312. The normalized spacial score (nSPS) is 48.1. The van der Waals surface area contributed by atoms with Gasteiger partial charge in [-0.05, 0) is 117 Å². The maximum Gasteiger partial charge on any atom is 0.302 e. The molecule has 5 nitrogen and oxygen atoms in total. The second-order valence-electron chi connectivity index (χ2n) is 17.6. The van der Waals surface area contributed by atoms with Gasteiger partial charge in [-0.25, -0.2) is 0 Å². The number of carbonyl (C=O) groups is 3. The number of ether oxygens (including phenoxy) is 1. The molecule has 5 fully saturated rings. The fraction of sp³-hybridized carbons (Fsp3) is 0.865. The molecule has 1 amide bonds. The van der Waals surface area contributed by atoms with Crippen molar-refractivity contribution in [2.75, 3.05) is 13.1 Å². The highest BCUT2D eigenvalue weighted by atomic mass is 16.5. The molecule has 0 aromatic carbocycles. The first-order chi connectivity index (χ1) is 19.5. The first-order valence-electron chi connectivity index (χ1n) is 17.2. The average Bonchev–Trinajstić information content (AvgIpc) is 2.92. The van der Waals surface area contributed by atoms with Crippen molar-refractivity contribution in [3.05, 3.63) is 11.6 Å². The van der Waals surface area contributed by atoms with E-state index in [1.54, 1.807) is 0 Å². The molecule has 234 valence electrons. The van der Waals surface area contributed by atoms with Crippen molar-refractivity contribution in [1.82, 2.24) is 4.90 Å². The Balaban J connectivity index is 1.36. The number of likely N-dealkylation sites (tertiary alicyclic amines) is 1. The maximum absolute atomic E-state index is 14.6. The molecule has 9 atom stereocenters. The van der Waals surface area contributed by atoms with E-state index in [1.807, 2.05) is 0 Å². The van der Waals surface area contributed by atoms with Crippen molar-refractivity contribution in [2.45, 2.75) is 139 Å². The molecule has 1 heterocycles. The van der Waals surface area contributed by atoms with Crippen LogP contribution in [-0.4, -0.2) is 41.8 Å². The summed E-state index contributed by atoms with van der Waals surface area (Å²) in [5.41, 5.74) is 0.735. The molecular weight excluding hydrogens is 522 g/mol. The van der Waals surface area contributed by atoms with Gasteiger partial charge in [0, 0.05) is 36.8 Å². The zero-order valence-corrected chi connectivity index (χ0v) is 27.9. The van der Waals surface area contributed by atoms with E-state index in [9.17, 15) is 14.4 Å². The highest BCUT2D eigenvalue weighted by molar-refractivity contribution is 5.95. The lowest BCUT2D eigenvalue weighted by Gasteiger charge is -2.70. The highest BCUT2D eigenvalue weighted by Gasteiger charge is 2.70. The number of piperidine rings is 1. The Hall–Kier alpha value is -1.65. The van der Waals surface area contributed by atoms with E-state index in [0.717, 1.165) is 77.3 Å². The second kappa shape index (κ2) is 9.67. The largest absolute Gasteiger partial charge is 0.462 e. The lowest BCUT2D eigenvalue weighted by atomic mass is 9.33. The minimum atomic E-state index is -0.343. The zero-order chi connectivity index (χ0) is 30.5. The molecule has 4 saturated carbocycles. The predicted octanol–water partition coefficient (Wildman–Crippen LogP) is 7.91. The van der Waals surface area contributed by atoms with Crippen LogP contribution in [0.25, 0.3) is 0 Å². The summed E-state index contributed by atoms with van der Waals surface area (Å²) in [7, 11) is 0. The minimum Gasteiger partial charge on any atom is -0.462 e. The SMILES string of the molecule is CC(=O)OC1CCC2(C)C(CCC3(C)C2C(=O)C=C2C4CC(C)(C(=O)N5CCCCC5)CCC4(C)CCC23C)C1(C)C. The highest BCUT2D eigenvalue weighted by Crippen LogP contribution is 2.75. The molecule has 1 aliphatic heterocycles. The van der Waals surface area contributed by atoms with Crippen LogP contribution in [0.15, 0.2) is 11.6 Å². The van der Waals surface area contributed by atoms with Crippen molar-refractivity contribution in [3.8, 4) is 0 Å². The smallest absolute Gasteiger partial charge is 0.302 e. The topological polar surface area (TPSA) is 63.7 Å². The molecule has 0 spiro atoms. The summed E-state index contributed by atoms with van der Waals surface area (Å²) in [4.78, 5) is 42.8. The number of amides is 1. The van der Waals surface area contributed by atoms with Crippen LogP contribution in [0.2, 0.25) is 0 Å². The molecule has 0 bridgehead atoms. The summed E-state index contributed by atoms with van der Waals surface area (Å²) in [6, 6.07) is 0. The van der Waals surface area contributed by atoms with E-state index < -0.39 is 0 Å². The Kier molecular flexibility index (Phi) is 7.00. The van der Waals surface area contributed by atoms with Gasteiger partial charge in [-0.1, -0.05) is 54.0 Å². The first-order valence-corrected chi connectivity index (χ1v) is 17.2. The number of hydrogen-bond donors (Lipinski definition) is 0. The van der Waals surface area contributed by atoms with Crippen LogP contribution in [0.1, 0.15) is 132 Å². The standard InChI is InChI=1S/C37H57NO4/c1-24(39)42-29-13-14-35(6)28(32(29,2)3)12-15-37(8)30(35)27(40)22-25-26-23-34(5,31(41)38-20-10-9-11-21-38)17-16-33(26,4)18-19-36(25,37)7/h22,26,28-30H,9-21,23H2,1-8H3. The van der Waals surface area contributed by atoms with Gasteiger partial charge in [0.2, 0.25) is 5.91 Å². The van der Waals surface area contributed by atoms with Crippen LogP contribution in [-0.2, 0) is 19.1 Å². The Labute approximate surface area is 255 Å². The van der Waals surface area contributed by atoms with Gasteiger partial charge in [0.25, 0.3) is 0 Å². The molecule has 42 heavy (non-hydrogen) atoms. The van der Waals surface area contributed by atoms with Gasteiger partial charge in [-0.3, -0.25) is 14.4 Å². The lowest BCUT2D eigenvalue weighted by Crippen LogP contribution is -2.67. The van der Waals surface area contributed by atoms with Crippen LogP contribution < -0.4 is 0 Å². The Morgan fingerprint density at radius 1 is 0.857 bits per heavy atom. The number of hydrogen-bond acceptors (Lipinski definition) is 4. The first kappa shape index (κ1) is 30.4. The fourth-order valence-electron chi connectivity index (χ4n) is 12.2. The minimum absolute atomic E-state index is 0.0237. The average molecular weight is 580 g/mol. The van der Waals surface area contributed by atoms with Crippen LogP contribution in [0, 0.1) is 50.2 Å². The van der Waals surface area contributed by atoms with Crippen molar-refractivity contribution in [1.29, 1.82) is 0 Å². The Morgan fingerprint density at radius 3 is 2.19 bits per heavy atom. The summed E-state index contributed by atoms with van der Waals surface area (Å²) in [6.45, 7) is 19.9. The van der Waals surface area contributed by atoms with Crippen LogP contribution in [0.4, 0.5) is 0 Å². The van der Waals surface area contributed by atoms with Crippen molar-refractivity contribution >= 4 is 17.7 Å². The summed E-state index contributed by atoms with van der Waals surface area (Å²) in [6.07, 6.45) is 14.6. The Morgan fingerprint density at radius 2 is 1.52 bits per heavy atom. The molecule has 0 aromatic rings. The molecule has 0 N–H and O–H groups in total. The number of ketones is 1. The molecule has 1 saturated heterocycles. The molecule has 0 aromatic heterocycles. The number of carbonyl (C=O) groups excluding carboxylic acids is 3. The monoisotopic (exact) mass is 579 g/mol. The van der Waals surface area contributed by atoms with Gasteiger partial charge in [-0.15, -0.1) is 0 Å². The molecule has 5 heteroatoms. The number of nitrogens with zero attached hydrogens (tertiary/aromatic N) is 1. The van der Waals surface area contributed by atoms with Gasteiger partial charge in [0.1, 0.15) is 6.10 Å². The molecular formula is C37H57NO4. The number of rotatable bonds is 2. The van der Waals surface area contributed by atoms with Crippen molar-refractivity contribution in [2.24, 2.45) is 50.2 Å². The number of allylic oxidation sites excluding steroid dienone is 2. The van der Waals surface area contributed by atoms with E-state index in [4.69, 9.17) is 4.74 Å². The van der Waals surface area contributed by atoms with E-state index >= 15 is 0 Å². The van der Waals surface area contributed by atoms with Gasteiger partial charge < -0.3 is 9.64 Å². The van der Waals surface area contributed by atoms with E-state index in [-0.39, 0.29) is 56.4 Å². The summed E-state index contributed by atoms with van der Waals surface area (Å²) in [5, 5.41) is 0. The van der Waals surface area contributed by atoms with Crippen LogP contribution in [0.3, 0.4) is 0 Å². The molecule has 9 unspecified atom stereocenters. The zero-order valence-electron chi connectivity index (χ0n) is 27.9. The Bertz CT molecular complexity index is 1200. The third-order valence-electron chi connectivity index (χ3n) is 15.0. The van der Waals surface area contributed by atoms with Gasteiger partial charge >= 0.3 is 5.97 Å². The lowest BCUT2D eigenvalue weighted by molar-refractivity contribution is -0.210. The van der Waals surface area contributed by atoms with Crippen molar-refractivity contribution < 1.29 is 19.1 Å². The van der Waals surface area contributed by atoms with E-state index in [2.05, 4.69) is 59.4 Å². The predicted molar refractivity (Wildman–Crippen MR) is 165 cm³/mol. The fourth-order valence-corrected chi connectivity index (χ4v) is 12.2. The molecule has 6 aliphatic rings. The summed E-state index contributed by atoms with van der Waals surface area (Å²) < 4.78 is 5.88. The van der Waals surface area contributed by atoms with Gasteiger partial charge in [0.15, 0.2) is 5.78 Å². The molecule has 0 radical (unpaired) electrons. The maximum atomic E-state index is 14.6. The van der Waals surface area contributed by atoms with Crippen LogP contribution in [0.5, 0.6) is 0 Å². The second-order valence-corrected chi connectivity index (χ2v) is 17.6. The van der Waals surface area contributed by atoms with Crippen molar-refractivity contribution in [3.63, 3.8) is 0 Å². The van der Waals surface area contributed by atoms with Crippen LogP contribution >= 0.6 is 0 Å². The number of fused-ring (bicyclic) bond motifs is 7. The van der Waals surface area contributed by atoms with Gasteiger partial charge in [-0.2, -0.15) is 0 Å². The summed E-state index contributed by atoms with van der Waals surface area (Å²) >= 11 is 0. The van der Waals surface area contributed by atoms with Gasteiger partial charge in [0.05, 0.1) is 0 Å². The van der Waals surface area contributed by atoms with E-state index in [0.29, 0.717) is 17.6 Å².